The van der Waals surface area contributed by atoms with E-state index in [1.165, 1.54) is 6.92 Å². The van der Waals surface area contributed by atoms with Crippen LogP contribution in [0.25, 0.3) is 11.3 Å². The predicted molar refractivity (Wildman–Crippen MR) is 157 cm³/mol. The first kappa shape index (κ1) is 29.2. The normalized spacial score (nSPS) is 17.0. The number of rotatable bonds is 7. The molecule has 0 spiro atoms. The number of likely N-dealkylation sites (tertiary alicyclic amines) is 1. The van der Waals surface area contributed by atoms with Gasteiger partial charge in [0.15, 0.2) is 0 Å². The van der Waals surface area contributed by atoms with Crippen molar-refractivity contribution in [3.8, 4) is 23.1 Å². The van der Waals surface area contributed by atoms with E-state index >= 15 is 0 Å². The number of nitriles is 1. The van der Waals surface area contributed by atoms with Crippen LogP contribution in [0.15, 0.2) is 54.7 Å². The van der Waals surface area contributed by atoms with Gasteiger partial charge in [0, 0.05) is 75.9 Å². The van der Waals surface area contributed by atoms with E-state index in [0.29, 0.717) is 60.7 Å². The van der Waals surface area contributed by atoms with Gasteiger partial charge in [0.1, 0.15) is 29.9 Å². The molecule has 1 N–H and O–H groups in total. The first-order valence-electron chi connectivity index (χ1n) is 14.4. The second kappa shape index (κ2) is 13.1. The third-order valence-electron chi connectivity index (χ3n) is 7.86. The molecule has 0 unspecified atom stereocenters. The van der Waals surface area contributed by atoms with Crippen LogP contribution in [-0.4, -0.2) is 100 Å². The summed E-state index contributed by atoms with van der Waals surface area (Å²) in [4.78, 5) is 39.8. The van der Waals surface area contributed by atoms with E-state index in [1.807, 2.05) is 41.3 Å². The number of nitrogens with zero attached hydrogens (tertiary/aromatic N) is 6. The van der Waals surface area contributed by atoms with Crippen LogP contribution in [0.1, 0.15) is 47.1 Å². The summed E-state index contributed by atoms with van der Waals surface area (Å²) in [5, 5.41) is 19.4. The van der Waals surface area contributed by atoms with E-state index in [1.54, 1.807) is 23.2 Å². The zero-order chi connectivity index (χ0) is 29.6. The Kier molecular flexibility index (Phi) is 9.10. The number of amides is 2. The zero-order valence-electron chi connectivity index (χ0n) is 24.1. The first-order valence-corrected chi connectivity index (χ1v) is 14.4. The van der Waals surface area contributed by atoms with E-state index in [2.05, 4.69) is 23.0 Å². The van der Waals surface area contributed by atoms with Crippen molar-refractivity contribution in [3.05, 3.63) is 77.2 Å². The molecule has 2 aliphatic heterocycles. The number of carbonyl (C=O) groups is 2. The molecule has 5 rings (SSSR count). The predicted octanol–water partition coefficient (Wildman–Crippen LogP) is 2.74. The Hall–Kier alpha value is -4.33. The minimum absolute atomic E-state index is 0.0607. The molecular formula is C32H36N6O4. The van der Waals surface area contributed by atoms with Gasteiger partial charge in [-0.05, 0) is 55.9 Å². The molecule has 42 heavy (non-hydrogen) atoms. The summed E-state index contributed by atoms with van der Waals surface area (Å²) in [7, 11) is 2.07. The Balaban J connectivity index is 1.22. The largest absolute Gasteiger partial charge is 0.489 e. The summed E-state index contributed by atoms with van der Waals surface area (Å²) in [5.41, 5.74) is 3.59. The summed E-state index contributed by atoms with van der Waals surface area (Å²) in [6, 6.07) is 17.1. The van der Waals surface area contributed by atoms with Gasteiger partial charge in [-0.25, -0.2) is 9.97 Å². The van der Waals surface area contributed by atoms with Gasteiger partial charge in [-0.15, -0.1) is 0 Å². The number of piperidine rings is 1. The van der Waals surface area contributed by atoms with Crippen LogP contribution < -0.4 is 4.74 Å². The maximum absolute atomic E-state index is 12.9. The van der Waals surface area contributed by atoms with E-state index in [-0.39, 0.29) is 17.9 Å². The van der Waals surface area contributed by atoms with E-state index < -0.39 is 6.10 Å². The fourth-order valence-corrected chi connectivity index (χ4v) is 5.30. The molecule has 0 radical (unpaired) electrons. The number of hydrogen-bond donors (Lipinski definition) is 1. The quantitative estimate of drug-likeness (QED) is 0.462. The van der Waals surface area contributed by atoms with E-state index in [9.17, 15) is 20.0 Å². The van der Waals surface area contributed by atoms with Gasteiger partial charge in [0.25, 0.3) is 11.8 Å². The highest BCUT2D eigenvalue weighted by atomic mass is 16.5. The number of likely N-dealkylation sites (N-methyl/N-ethyl adjacent to an activating group) is 1. The van der Waals surface area contributed by atoms with Gasteiger partial charge in [0.2, 0.25) is 0 Å². The Morgan fingerprint density at radius 1 is 1.02 bits per heavy atom. The molecule has 0 saturated carbocycles. The summed E-state index contributed by atoms with van der Waals surface area (Å²) in [6.07, 6.45) is 2.36. The molecule has 1 atom stereocenters. The van der Waals surface area contributed by atoms with Gasteiger partial charge in [0.05, 0.1) is 11.3 Å². The SMILES string of the molecule is C[C@H](O)C(=O)N1CCC(Oc2ccc(-c3ccnc(Cc4ccc(C(=O)N5CCN(C)CC5)cc4)n3)cc2C#N)CC1. The van der Waals surface area contributed by atoms with Crippen LogP contribution in [0.4, 0.5) is 0 Å². The molecule has 10 heteroatoms. The monoisotopic (exact) mass is 568 g/mol. The standard InChI is InChI=1S/C32H36N6O4/c1-22(39)31(40)37-13-10-27(11-14-37)42-29-8-7-25(20-26(29)21-33)28-9-12-34-30(35-28)19-23-3-5-24(6-4-23)32(41)38-17-15-36(2)16-18-38/h3-9,12,20,22,27,39H,10-11,13-19H2,1-2H3/t22-/m0/s1. The van der Waals surface area contributed by atoms with Crippen molar-refractivity contribution < 1.29 is 19.4 Å². The van der Waals surface area contributed by atoms with Crippen molar-refractivity contribution in [2.24, 2.45) is 0 Å². The van der Waals surface area contributed by atoms with Crippen LogP contribution in [0.5, 0.6) is 5.75 Å². The lowest BCUT2D eigenvalue weighted by Crippen LogP contribution is -2.47. The van der Waals surface area contributed by atoms with Crippen molar-refractivity contribution in [1.29, 1.82) is 5.26 Å². The summed E-state index contributed by atoms with van der Waals surface area (Å²) in [5.74, 6) is 0.934. The lowest BCUT2D eigenvalue weighted by atomic mass is 10.0. The number of hydrogen-bond acceptors (Lipinski definition) is 8. The number of ether oxygens (including phenoxy) is 1. The Morgan fingerprint density at radius 2 is 1.74 bits per heavy atom. The number of aliphatic hydroxyl groups excluding tert-OH is 1. The summed E-state index contributed by atoms with van der Waals surface area (Å²) in [6.45, 7) is 5.74. The van der Waals surface area contributed by atoms with Gasteiger partial charge in [-0.2, -0.15) is 5.26 Å². The topological polar surface area (TPSA) is 123 Å². The molecule has 3 aromatic rings. The fourth-order valence-electron chi connectivity index (χ4n) is 5.30. The van der Waals surface area contributed by atoms with Crippen molar-refractivity contribution in [2.45, 2.75) is 38.4 Å². The minimum Gasteiger partial charge on any atom is -0.489 e. The number of benzene rings is 2. The average molecular weight is 569 g/mol. The third-order valence-corrected chi connectivity index (χ3v) is 7.86. The smallest absolute Gasteiger partial charge is 0.253 e. The van der Waals surface area contributed by atoms with Crippen LogP contribution in [0.3, 0.4) is 0 Å². The number of piperazine rings is 1. The summed E-state index contributed by atoms with van der Waals surface area (Å²) >= 11 is 0. The van der Waals surface area contributed by atoms with Crippen molar-refractivity contribution >= 4 is 11.8 Å². The zero-order valence-corrected chi connectivity index (χ0v) is 24.1. The van der Waals surface area contributed by atoms with Crippen molar-refractivity contribution in [2.75, 3.05) is 46.3 Å². The van der Waals surface area contributed by atoms with Crippen molar-refractivity contribution in [1.82, 2.24) is 24.7 Å². The maximum atomic E-state index is 12.9. The number of aromatic nitrogens is 2. The highest BCUT2D eigenvalue weighted by Crippen LogP contribution is 2.28. The van der Waals surface area contributed by atoms with Gasteiger partial charge >= 0.3 is 0 Å². The van der Waals surface area contributed by atoms with Crippen LogP contribution in [0, 0.1) is 11.3 Å². The van der Waals surface area contributed by atoms with Gasteiger partial charge < -0.3 is 24.5 Å². The fraction of sp³-hybridized carbons (Fsp3) is 0.406. The van der Waals surface area contributed by atoms with Crippen LogP contribution in [0.2, 0.25) is 0 Å². The number of carbonyl (C=O) groups excluding carboxylic acids is 2. The molecule has 2 fully saturated rings. The molecule has 10 nitrogen and oxygen atoms in total. The molecule has 0 aliphatic carbocycles. The van der Waals surface area contributed by atoms with E-state index in [0.717, 1.165) is 37.3 Å². The van der Waals surface area contributed by atoms with E-state index in [4.69, 9.17) is 9.72 Å². The lowest BCUT2D eigenvalue weighted by molar-refractivity contribution is -0.141. The molecule has 2 aromatic carbocycles. The summed E-state index contributed by atoms with van der Waals surface area (Å²) < 4.78 is 6.14. The Morgan fingerprint density at radius 3 is 2.40 bits per heavy atom. The first-order chi connectivity index (χ1) is 20.3. The number of aliphatic hydroxyl groups is 1. The van der Waals surface area contributed by atoms with Gasteiger partial charge in [-0.3, -0.25) is 9.59 Å². The van der Waals surface area contributed by atoms with Crippen molar-refractivity contribution in [3.63, 3.8) is 0 Å². The molecule has 2 saturated heterocycles. The second-order valence-electron chi connectivity index (χ2n) is 11.0. The molecule has 3 heterocycles. The van der Waals surface area contributed by atoms with Gasteiger partial charge in [-0.1, -0.05) is 12.1 Å². The highest BCUT2D eigenvalue weighted by molar-refractivity contribution is 5.94. The molecule has 1 aromatic heterocycles. The Labute approximate surface area is 246 Å². The molecule has 2 aliphatic rings. The highest BCUT2D eigenvalue weighted by Gasteiger charge is 2.26. The van der Waals surface area contributed by atoms with Crippen LogP contribution in [-0.2, 0) is 11.2 Å². The molecule has 2 amide bonds. The Bertz CT molecular complexity index is 1450. The minimum atomic E-state index is -1.01. The third kappa shape index (κ3) is 6.93. The lowest BCUT2D eigenvalue weighted by Gasteiger charge is -2.33. The molecule has 0 bridgehead atoms. The molecular weight excluding hydrogens is 532 g/mol. The second-order valence-corrected chi connectivity index (χ2v) is 11.0. The average Bonchev–Trinajstić information content (AvgIpc) is 3.02. The maximum Gasteiger partial charge on any atom is 0.253 e. The van der Waals surface area contributed by atoms with Crippen LogP contribution >= 0.6 is 0 Å². The molecule has 218 valence electrons.